The molecular formula is C44H51BrN2O10+2. The van der Waals surface area contributed by atoms with Gasteiger partial charge in [0.05, 0.1) is 54.1 Å². The molecule has 4 aliphatic rings. The molecule has 4 aromatic rings. The third kappa shape index (κ3) is 7.14. The zero-order chi connectivity index (χ0) is 40.8. The third-order valence-corrected chi connectivity index (χ3v) is 13.2. The van der Waals surface area contributed by atoms with Gasteiger partial charge in [0, 0.05) is 31.2 Å². The molecule has 4 aliphatic heterocycles. The van der Waals surface area contributed by atoms with E-state index in [9.17, 15) is 19.8 Å². The van der Waals surface area contributed by atoms with Crippen molar-refractivity contribution in [1.29, 1.82) is 0 Å². The van der Waals surface area contributed by atoms with Gasteiger partial charge in [0.2, 0.25) is 5.75 Å². The first-order valence-corrected chi connectivity index (χ1v) is 20.3. The van der Waals surface area contributed by atoms with Crippen LogP contribution in [0.3, 0.4) is 0 Å². The predicted octanol–water partition coefficient (Wildman–Crippen LogP) is 7.86. The molecule has 4 aromatic carbocycles. The molecule has 0 saturated heterocycles. The second kappa shape index (κ2) is 15.8. The van der Waals surface area contributed by atoms with Gasteiger partial charge in [0.15, 0.2) is 46.6 Å². The Morgan fingerprint density at radius 3 is 1.91 bits per heavy atom. The Bertz CT molecular complexity index is 2190. The summed E-state index contributed by atoms with van der Waals surface area (Å²) in [5, 5.41) is 21.0. The van der Waals surface area contributed by atoms with Gasteiger partial charge in [0.25, 0.3) is 0 Å². The molecule has 6 unspecified atom stereocenters. The number of carboxylic acids is 2. The smallest absolute Gasteiger partial charge is 0.362 e. The van der Waals surface area contributed by atoms with Crippen LogP contribution in [0.4, 0.5) is 0 Å². The topological polar surface area (TPSA) is 130 Å². The largest absolute Gasteiger partial charge is 0.493 e. The fraction of sp³-hybridized carbons (Fsp3) is 0.409. The number of methoxy groups -OCH3 is 3. The van der Waals surface area contributed by atoms with Crippen LogP contribution in [0, 0.1) is 0 Å². The first kappa shape index (κ1) is 40.2. The molecule has 0 aromatic heterocycles. The van der Waals surface area contributed by atoms with Crippen molar-refractivity contribution in [2.24, 2.45) is 0 Å². The summed E-state index contributed by atoms with van der Waals surface area (Å²) in [6.45, 7) is 4.68. The Kier molecular flexibility index (Phi) is 11.1. The molecule has 0 aliphatic carbocycles. The summed E-state index contributed by atoms with van der Waals surface area (Å²) in [4.78, 5) is 25.6. The number of aliphatic carboxylic acids is 2. The van der Waals surface area contributed by atoms with Gasteiger partial charge in [-0.05, 0) is 94.5 Å². The fourth-order valence-electron chi connectivity index (χ4n) is 9.09. The number of carboxylic acid groups (broad SMARTS) is 2. The monoisotopic (exact) mass is 846 g/mol. The number of rotatable bonds is 9. The molecular weight excluding hydrogens is 796 g/mol. The number of likely N-dealkylation sites (N-methyl/N-ethyl adjacent to an activating group) is 2. The van der Waals surface area contributed by atoms with Gasteiger partial charge in [-0.3, -0.25) is 0 Å². The average Bonchev–Trinajstić information content (AvgIpc) is 3.20. The molecule has 0 fully saturated rings. The van der Waals surface area contributed by atoms with Crippen molar-refractivity contribution >= 4 is 27.9 Å². The number of hydrogen-bond acceptors (Lipinski definition) is 8. The molecule has 13 heteroatoms. The first-order chi connectivity index (χ1) is 27.3. The lowest BCUT2D eigenvalue weighted by molar-refractivity contribution is -0.954. The van der Waals surface area contributed by atoms with Crippen LogP contribution < -0.4 is 28.4 Å². The minimum atomic E-state index is -0.908. The second-order valence-electron chi connectivity index (χ2n) is 15.7. The van der Waals surface area contributed by atoms with Crippen LogP contribution in [0.2, 0.25) is 0 Å². The number of nitrogens with zero attached hydrogens (tertiary/aromatic N) is 2. The number of ether oxygens (including phenoxy) is 6. The van der Waals surface area contributed by atoms with Crippen LogP contribution in [-0.4, -0.2) is 97.2 Å². The maximum atomic E-state index is 12.9. The lowest BCUT2D eigenvalue weighted by Crippen LogP contribution is -2.59. The number of fused-ring (bicyclic) bond motifs is 2. The fourth-order valence-corrected chi connectivity index (χ4v) is 9.32. The maximum absolute atomic E-state index is 12.9. The van der Waals surface area contributed by atoms with Crippen LogP contribution in [0.15, 0.2) is 60.7 Å². The Labute approximate surface area is 341 Å². The van der Waals surface area contributed by atoms with Crippen molar-refractivity contribution in [3.05, 3.63) is 94.0 Å². The van der Waals surface area contributed by atoms with E-state index < -0.39 is 30.1 Å². The quantitative estimate of drug-likeness (QED) is 0.127. The highest BCUT2D eigenvalue weighted by atomic mass is 79.9. The van der Waals surface area contributed by atoms with Gasteiger partial charge in [-0.25, -0.2) is 9.59 Å². The number of alkyl halides is 1. The average molecular weight is 848 g/mol. The van der Waals surface area contributed by atoms with E-state index in [-0.39, 0.29) is 20.5 Å². The van der Waals surface area contributed by atoms with Crippen LogP contribution in [0.5, 0.6) is 46.0 Å². The standard InChI is InChI=1S/C44H49BrN2O10/c1-25(43(48)49)46(3)16-14-29-21-36(53-6)38-23-32(29)33(46)18-27-8-11-31(12-9-27)56-37-20-28(10-13-35(37)52-5)19-34-40-30(15-17-47(34,4)26(2)44(50)51)22-39(54-7)41(55-24-45)42(40)57-38/h8-13,20-23,25-26,33-34H,14-19,24H2,1-7H3/p+2. The van der Waals surface area contributed by atoms with Crippen LogP contribution in [0.1, 0.15) is 59.3 Å². The molecule has 0 saturated carbocycles. The predicted molar refractivity (Wildman–Crippen MR) is 217 cm³/mol. The van der Waals surface area contributed by atoms with Crippen molar-refractivity contribution in [2.45, 2.75) is 63.7 Å². The van der Waals surface area contributed by atoms with Crippen LogP contribution in [-0.2, 0) is 35.3 Å². The molecule has 57 heavy (non-hydrogen) atoms. The van der Waals surface area contributed by atoms with Crippen LogP contribution in [0.25, 0.3) is 0 Å². The number of quaternary nitrogens is 2. The molecule has 12 nitrogen and oxygen atoms in total. The lowest BCUT2D eigenvalue weighted by atomic mass is 9.84. The van der Waals surface area contributed by atoms with E-state index in [0.29, 0.717) is 84.8 Å². The molecule has 0 radical (unpaired) electrons. The Hall–Kier alpha value is -4.98. The van der Waals surface area contributed by atoms with Crippen LogP contribution >= 0.6 is 15.9 Å². The Balaban J connectivity index is 1.55. The summed E-state index contributed by atoms with van der Waals surface area (Å²) in [5.74, 6) is 2.08. The SMILES string of the molecule is COc1ccc2cc1Oc1ccc(cc1)CC1c3cc(c(OC)cc3CC[N+]1(C)C(C)C(=O)O)Oc1c(OCBr)c(OC)cc3c1C(C2)[N+](C)(C(C)C(=O)O)CC3. The van der Waals surface area contributed by atoms with Gasteiger partial charge >= 0.3 is 11.9 Å². The summed E-state index contributed by atoms with van der Waals surface area (Å²) in [6.07, 6.45) is 2.16. The molecule has 302 valence electrons. The first-order valence-electron chi connectivity index (χ1n) is 19.2. The molecule has 0 amide bonds. The molecule has 6 bridgehead atoms. The van der Waals surface area contributed by atoms with E-state index in [1.54, 1.807) is 35.2 Å². The van der Waals surface area contributed by atoms with E-state index in [1.165, 1.54) is 0 Å². The number of hydrogen-bond donors (Lipinski definition) is 2. The number of halogens is 1. The molecule has 6 atom stereocenters. The zero-order valence-corrected chi connectivity index (χ0v) is 35.1. The van der Waals surface area contributed by atoms with Crippen molar-refractivity contribution < 1.29 is 57.2 Å². The summed E-state index contributed by atoms with van der Waals surface area (Å²) < 4.78 is 38.2. The lowest BCUT2D eigenvalue weighted by Gasteiger charge is -2.49. The Morgan fingerprint density at radius 2 is 1.30 bits per heavy atom. The van der Waals surface area contributed by atoms with E-state index >= 15 is 0 Å². The Morgan fingerprint density at radius 1 is 0.737 bits per heavy atom. The highest BCUT2D eigenvalue weighted by Crippen LogP contribution is 2.54. The van der Waals surface area contributed by atoms with Crippen molar-refractivity contribution in [3.63, 3.8) is 0 Å². The minimum Gasteiger partial charge on any atom is -0.493 e. The summed E-state index contributed by atoms with van der Waals surface area (Å²) in [6, 6.07) is 17.5. The van der Waals surface area contributed by atoms with E-state index in [4.69, 9.17) is 28.4 Å². The van der Waals surface area contributed by atoms with Crippen molar-refractivity contribution in [2.75, 3.05) is 54.0 Å². The summed E-state index contributed by atoms with van der Waals surface area (Å²) >= 11 is 3.47. The molecule has 4 heterocycles. The summed E-state index contributed by atoms with van der Waals surface area (Å²) in [5.41, 5.74) is 5.83. The van der Waals surface area contributed by atoms with Crippen molar-refractivity contribution in [3.8, 4) is 46.0 Å². The zero-order valence-electron chi connectivity index (χ0n) is 33.5. The second-order valence-corrected chi connectivity index (χ2v) is 16.2. The van der Waals surface area contributed by atoms with Gasteiger partial charge in [-0.2, -0.15) is 0 Å². The number of carbonyl (C=O) groups is 2. The van der Waals surface area contributed by atoms with E-state index in [1.807, 2.05) is 74.8 Å². The van der Waals surface area contributed by atoms with Gasteiger partial charge in [0.1, 0.15) is 23.3 Å². The van der Waals surface area contributed by atoms with E-state index in [0.717, 1.165) is 33.4 Å². The third-order valence-electron chi connectivity index (χ3n) is 12.9. The van der Waals surface area contributed by atoms with Gasteiger partial charge < -0.3 is 47.6 Å². The highest BCUT2D eigenvalue weighted by Gasteiger charge is 2.49. The molecule has 2 N–H and O–H groups in total. The minimum absolute atomic E-state index is 0.130. The normalized spacial score (nSPS) is 23.3. The molecule has 8 rings (SSSR count). The van der Waals surface area contributed by atoms with Gasteiger partial charge in [-0.1, -0.05) is 18.2 Å². The summed E-state index contributed by atoms with van der Waals surface area (Å²) in [7, 11) is 8.80. The number of benzene rings is 4. The van der Waals surface area contributed by atoms with E-state index in [2.05, 4.69) is 15.9 Å². The van der Waals surface area contributed by atoms with Gasteiger partial charge in [-0.15, -0.1) is 0 Å². The highest BCUT2D eigenvalue weighted by molar-refractivity contribution is 9.09. The molecule has 0 spiro atoms. The van der Waals surface area contributed by atoms with Crippen molar-refractivity contribution in [1.82, 2.24) is 0 Å². The maximum Gasteiger partial charge on any atom is 0.362 e.